The predicted octanol–water partition coefficient (Wildman–Crippen LogP) is 0.243. The molecule has 0 spiro atoms. The van der Waals surface area contributed by atoms with E-state index in [9.17, 15) is 9.59 Å². The molecule has 17 heavy (non-hydrogen) atoms. The first-order valence-electron chi connectivity index (χ1n) is 6.02. The Morgan fingerprint density at radius 1 is 1.53 bits per heavy atom. The lowest BCUT2D eigenvalue weighted by atomic mass is 10.2. The summed E-state index contributed by atoms with van der Waals surface area (Å²) in [6.07, 6.45) is 2.61. The van der Waals surface area contributed by atoms with Gasteiger partial charge in [-0.05, 0) is 32.9 Å². The van der Waals surface area contributed by atoms with Gasteiger partial charge in [-0.1, -0.05) is 6.92 Å². The molecule has 6 nitrogen and oxygen atoms in total. The van der Waals surface area contributed by atoms with Crippen LogP contribution in [-0.4, -0.2) is 54.2 Å². The Bertz CT molecular complexity index is 283. The molecule has 0 aromatic carbocycles. The van der Waals surface area contributed by atoms with Crippen molar-refractivity contribution in [2.45, 2.75) is 38.3 Å². The van der Waals surface area contributed by atoms with Gasteiger partial charge in [-0.2, -0.15) is 0 Å². The minimum atomic E-state index is -0.999. The van der Waals surface area contributed by atoms with Crippen LogP contribution in [0.3, 0.4) is 0 Å². The summed E-state index contributed by atoms with van der Waals surface area (Å²) in [6, 6.07) is -0.846. The second-order valence-electron chi connectivity index (χ2n) is 4.43. The Morgan fingerprint density at radius 3 is 2.71 bits per heavy atom. The zero-order valence-corrected chi connectivity index (χ0v) is 10.4. The number of rotatable bonds is 5. The first kappa shape index (κ1) is 13.8. The van der Waals surface area contributed by atoms with Gasteiger partial charge in [0.05, 0.1) is 0 Å². The molecule has 98 valence electrons. The van der Waals surface area contributed by atoms with Crippen molar-refractivity contribution >= 4 is 12.0 Å². The Balaban J connectivity index is 2.27. The Labute approximate surface area is 101 Å². The maximum absolute atomic E-state index is 11.5. The van der Waals surface area contributed by atoms with Gasteiger partial charge in [-0.15, -0.1) is 0 Å². The van der Waals surface area contributed by atoms with Crippen molar-refractivity contribution in [3.05, 3.63) is 0 Å². The number of amides is 2. The molecule has 1 rings (SSSR count). The van der Waals surface area contributed by atoms with E-state index in [1.807, 2.05) is 7.05 Å². The first-order valence-corrected chi connectivity index (χ1v) is 6.02. The topological polar surface area (TPSA) is 81.7 Å². The van der Waals surface area contributed by atoms with Crippen LogP contribution >= 0.6 is 0 Å². The highest BCUT2D eigenvalue weighted by molar-refractivity contribution is 5.82. The number of carbonyl (C=O) groups excluding carboxylic acids is 1. The number of carboxylic acids is 1. The van der Waals surface area contributed by atoms with Gasteiger partial charge in [0.25, 0.3) is 0 Å². The van der Waals surface area contributed by atoms with E-state index in [1.165, 1.54) is 0 Å². The summed E-state index contributed by atoms with van der Waals surface area (Å²) in [5, 5.41) is 13.9. The molecule has 3 N–H and O–H groups in total. The molecule has 1 saturated heterocycles. The Morgan fingerprint density at radius 2 is 2.24 bits per heavy atom. The van der Waals surface area contributed by atoms with Gasteiger partial charge < -0.3 is 20.6 Å². The van der Waals surface area contributed by atoms with Gasteiger partial charge >= 0.3 is 12.0 Å². The summed E-state index contributed by atoms with van der Waals surface area (Å²) in [4.78, 5) is 24.4. The van der Waals surface area contributed by atoms with Crippen LogP contribution in [0.5, 0.6) is 0 Å². The summed E-state index contributed by atoms with van der Waals surface area (Å²) in [6.45, 7) is 3.35. The van der Waals surface area contributed by atoms with E-state index in [2.05, 4.69) is 15.5 Å². The summed E-state index contributed by atoms with van der Waals surface area (Å²) >= 11 is 0. The Kier molecular flexibility index (Phi) is 5.21. The van der Waals surface area contributed by atoms with E-state index in [1.54, 1.807) is 6.92 Å². The molecule has 0 aliphatic carbocycles. The molecule has 0 aromatic rings. The molecule has 1 aliphatic rings. The van der Waals surface area contributed by atoms with Crippen LogP contribution < -0.4 is 10.6 Å². The Hall–Kier alpha value is -1.30. The van der Waals surface area contributed by atoms with Crippen LogP contribution in [0.15, 0.2) is 0 Å². The minimum absolute atomic E-state index is 0.366. The third-order valence-electron chi connectivity index (χ3n) is 3.18. The maximum atomic E-state index is 11.5. The second kappa shape index (κ2) is 6.44. The van der Waals surface area contributed by atoms with Crippen LogP contribution in [0.25, 0.3) is 0 Å². The number of likely N-dealkylation sites (N-methyl/N-ethyl adjacent to an activating group) is 1. The van der Waals surface area contributed by atoms with Crippen molar-refractivity contribution in [3.8, 4) is 0 Å². The van der Waals surface area contributed by atoms with E-state index in [0.717, 1.165) is 19.4 Å². The fourth-order valence-corrected chi connectivity index (χ4v) is 2.00. The highest BCUT2D eigenvalue weighted by atomic mass is 16.4. The van der Waals surface area contributed by atoms with Gasteiger partial charge in [0.1, 0.15) is 6.04 Å². The molecule has 1 aliphatic heterocycles. The largest absolute Gasteiger partial charge is 0.480 e. The molecular formula is C11H21N3O3. The van der Waals surface area contributed by atoms with E-state index in [0.29, 0.717) is 19.0 Å². The number of carbonyl (C=O) groups is 2. The standard InChI is InChI=1S/C11H21N3O3/c1-3-9(10(15)16)13-11(17)12-7-8-5-4-6-14(8)2/h8-9H,3-7H2,1-2H3,(H,15,16)(H2,12,13,17)/t8?,9-/m1/s1. The fraction of sp³-hybridized carbons (Fsp3) is 0.818. The SMILES string of the molecule is CC[C@@H](NC(=O)NCC1CCCN1C)C(=O)O. The monoisotopic (exact) mass is 243 g/mol. The average molecular weight is 243 g/mol. The molecular weight excluding hydrogens is 222 g/mol. The highest BCUT2D eigenvalue weighted by Crippen LogP contribution is 2.13. The highest BCUT2D eigenvalue weighted by Gasteiger charge is 2.22. The van der Waals surface area contributed by atoms with Gasteiger partial charge in [0, 0.05) is 12.6 Å². The summed E-state index contributed by atoms with van der Waals surface area (Å²) in [7, 11) is 2.03. The van der Waals surface area contributed by atoms with Crippen molar-refractivity contribution in [1.29, 1.82) is 0 Å². The number of nitrogens with one attached hydrogen (secondary N) is 2. The second-order valence-corrected chi connectivity index (χ2v) is 4.43. The summed E-state index contributed by atoms with van der Waals surface area (Å²) < 4.78 is 0. The third kappa shape index (κ3) is 4.22. The molecule has 1 fully saturated rings. The number of hydrogen-bond acceptors (Lipinski definition) is 3. The van der Waals surface area contributed by atoms with Crippen LogP contribution in [0.4, 0.5) is 4.79 Å². The van der Waals surface area contributed by atoms with Crippen LogP contribution in [0.1, 0.15) is 26.2 Å². The zero-order chi connectivity index (χ0) is 12.8. The predicted molar refractivity (Wildman–Crippen MR) is 63.9 cm³/mol. The van der Waals surface area contributed by atoms with E-state index in [-0.39, 0.29) is 0 Å². The van der Waals surface area contributed by atoms with Crippen LogP contribution in [0, 0.1) is 0 Å². The number of nitrogens with zero attached hydrogens (tertiary/aromatic N) is 1. The maximum Gasteiger partial charge on any atom is 0.326 e. The molecule has 0 saturated carbocycles. The zero-order valence-electron chi connectivity index (χ0n) is 10.4. The van der Waals surface area contributed by atoms with Gasteiger partial charge in [-0.25, -0.2) is 9.59 Å². The van der Waals surface area contributed by atoms with Gasteiger partial charge in [-0.3, -0.25) is 0 Å². The van der Waals surface area contributed by atoms with E-state index >= 15 is 0 Å². The molecule has 2 atom stereocenters. The lowest BCUT2D eigenvalue weighted by Gasteiger charge is -2.20. The normalized spacial score (nSPS) is 22.1. The minimum Gasteiger partial charge on any atom is -0.480 e. The molecule has 2 amide bonds. The van der Waals surface area contributed by atoms with Crippen molar-refractivity contribution in [2.24, 2.45) is 0 Å². The average Bonchev–Trinajstić information content (AvgIpc) is 2.68. The third-order valence-corrected chi connectivity index (χ3v) is 3.18. The number of urea groups is 1. The summed E-state index contributed by atoms with van der Waals surface area (Å²) in [5.41, 5.74) is 0. The number of aliphatic carboxylic acids is 1. The van der Waals surface area contributed by atoms with Gasteiger partial charge in [0.15, 0.2) is 0 Å². The number of likely N-dealkylation sites (tertiary alicyclic amines) is 1. The van der Waals surface area contributed by atoms with E-state index < -0.39 is 18.0 Å². The van der Waals surface area contributed by atoms with Crippen LogP contribution in [-0.2, 0) is 4.79 Å². The lowest BCUT2D eigenvalue weighted by molar-refractivity contribution is -0.139. The van der Waals surface area contributed by atoms with Crippen molar-refractivity contribution in [2.75, 3.05) is 20.1 Å². The quantitative estimate of drug-likeness (QED) is 0.646. The van der Waals surface area contributed by atoms with Crippen molar-refractivity contribution in [3.63, 3.8) is 0 Å². The number of carboxylic acid groups (broad SMARTS) is 1. The summed E-state index contributed by atoms with van der Waals surface area (Å²) in [5.74, 6) is -0.999. The molecule has 6 heteroatoms. The fourth-order valence-electron chi connectivity index (χ4n) is 2.00. The smallest absolute Gasteiger partial charge is 0.326 e. The van der Waals surface area contributed by atoms with Gasteiger partial charge in [0.2, 0.25) is 0 Å². The molecule has 1 unspecified atom stereocenters. The number of hydrogen-bond donors (Lipinski definition) is 3. The molecule has 0 aromatic heterocycles. The molecule has 0 radical (unpaired) electrons. The van der Waals surface area contributed by atoms with Crippen molar-refractivity contribution in [1.82, 2.24) is 15.5 Å². The molecule has 1 heterocycles. The lowest BCUT2D eigenvalue weighted by Crippen LogP contribution is -2.48. The van der Waals surface area contributed by atoms with Crippen molar-refractivity contribution < 1.29 is 14.7 Å². The van der Waals surface area contributed by atoms with E-state index in [4.69, 9.17) is 5.11 Å². The molecule has 0 bridgehead atoms. The van der Waals surface area contributed by atoms with Crippen LogP contribution in [0.2, 0.25) is 0 Å². The first-order chi connectivity index (χ1) is 8.04.